The van der Waals surface area contributed by atoms with Crippen LogP contribution in [0.2, 0.25) is 0 Å². The van der Waals surface area contributed by atoms with Crippen LogP contribution in [0, 0.1) is 5.82 Å². The van der Waals surface area contributed by atoms with Gasteiger partial charge in [0.2, 0.25) is 0 Å². The van der Waals surface area contributed by atoms with Gasteiger partial charge in [0.1, 0.15) is 12.4 Å². The van der Waals surface area contributed by atoms with Crippen LogP contribution in [-0.2, 0) is 24.2 Å². The fourth-order valence-electron chi connectivity index (χ4n) is 3.97. The number of amides is 1. The van der Waals surface area contributed by atoms with Crippen molar-refractivity contribution in [3.63, 3.8) is 0 Å². The Morgan fingerprint density at radius 1 is 1.08 bits per heavy atom. The summed E-state index contributed by atoms with van der Waals surface area (Å²) in [5.41, 5.74) is 4.05. The van der Waals surface area contributed by atoms with E-state index in [2.05, 4.69) is 36.3 Å². The van der Waals surface area contributed by atoms with Gasteiger partial charge in [-0.2, -0.15) is 0 Å². The summed E-state index contributed by atoms with van der Waals surface area (Å²) in [6.07, 6.45) is 5.13. The average molecular weight is 519 g/mol. The molecule has 5 nitrogen and oxygen atoms in total. The first-order valence-electron chi connectivity index (χ1n) is 12.3. The van der Waals surface area contributed by atoms with Crippen LogP contribution in [0.15, 0.2) is 78.2 Å². The molecule has 0 saturated carbocycles. The Morgan fingerprint density at radius 3 is 2.57 bits per heavy atom. The molecule has 0 unspecified atom stereocenters. The Hall–Kier alpha value is -3.71. The summed E-state index contributed by atoms with van der Waals surface area (Å²) in [5.74, 6) is 0.626. The summed E-state index contributed by atoms with van der Waals surface area (Å²) < 4.78 is 26.1. The maximum Gasteiger partial charge on any atom is 0.260 e. The highest BCUT2D eigenvalue weighted by Crippen LogP contribution is 2.37. The highest BCUT2D eigenvalue weighted by Gasteiger charge is 2.27. The van der Waals surface area contributed by atoms with Gasteiger partial charge in [0.15, 0.2) is 17.0 Å². The summed E-state index contributed by atoms with van der Waals surface area (Å²) in [6, 6.07) is 18.5. The second-order valence-electron chi connectivity index (χ2n) is 8.49. The van der Waals surface area contributed by atoms with E-state index in [1.165, 1.54) is 23.4 Å². The Bertz CT molecular complexity index is 1290. The largest absolute Gasteiger partial charge is 0.490 e. The molecule has 192 valence electrons. The lowest BCUT2D eigenvalue weighted by atomic mass is 10.0. The minimum absolute atomic E-state index is 0.0716. The van der Waals surface area contributed by atoms with Crippen LogP contribution in [0.4, 0.5) is 10.1 Å². The molecular weight excluding hydrogens is 487 g/mol. The average Bonchev–Trinajstić information content (AvgIpc) is 3.23. The molecule has 37 heavy (non-hydrogen) atoms. The molecule has 1 amide bonds. The normalized spacial score (nSPS) is 15.9. The number of thioether (sulfide) groups is 1. The minimum Gasteiger partial charge on any atom is -0.490 e. The van der Waals surface area contributed by atoms with Crippen molar-refractivity contribution in [1.29, 1.82) is 0 Å². The topological polar surface area (TPSA) is 59.6 Å². The van der Waals surface area contributed by atoms with Gasteiger partial charge >= 0.3 is 0 Å². The molecule has 4 rings (SSSR count). The van der Waals surface area contributed by atoms with E-state index >= 15 is 0 Å². The number of carbonyl (C=O) groups excluding carboxylic acids is 1. The molecule has 0 spiro atoms. The highest BCUT2D eigenvalue weighted by molar-refractivity contribution is 8.05. The van der Waals surface area contributed by atoms with Crippen molar-refractivity contribution in [1.82, 2.24) is 5.32 Å². The lowest BCUT2D eigenvalue weighted by Gasteiger charge is -2.17. The first-order valence-corrected chi connectivity index (χ1v) is 13.2. The van der Waals surface area contributed by atoms with Crippen LogP contribution < -0.4 is 20.1 Å². The first-order chi connectivity index (χ1) is 18.0. The monoisotopic (exact) mass is 518 g/mol. The fourth-order valence-corrected chi connectivity index (χ4v) is 4.96. The number of carbonyl (C=O) groups is 1. The lowest BCUT2D eigenvalue weighted by Crippen LogP contribution is -2.30. The number of benzene rings is 3. The molecule has 3 aromatic rings. The van der Waals surface area contributed by atoms with E-state index in [0.717, 1.165) is 23.2 Å². The molecule has 1 heterocycles. The SMILES string of the molecule is C=CCc1cc(/C=C2\S[C@@H](Nc3ccc(CC)cc3)NC2=O)cc(OCC)c1OCc1ccccc1F. The van der Waals surface area contributed by atoms with Gasteiger partial charge < -0.3 is 20.1 Å². The molecule has 0 bridgehead atoms. The number of anilines is 1. The third kappa shape index (κ3) is 6.74. The van der Waals surface area contributed by atoms with Gasteiger partial charge in [-0.25, -0.2) is 4.39 Å². The van der Waals surface area contributed by atoms with Crippen LogP contribution >= 0.6 is 11.8 Å². The van der Waals surface area contributed by atoms with Crippen LogP contribution in [-0.4, -0.2) is 18.0 Å². The number of rotatable bonds is 11. The highest BCUT2D eigenvalue weighted by atomic mass is 32.2. The van der Waals surface area contributed by atoms with Gasteiger partial charge in [0.05, 0.1) is 11.5 Å². The number of hydrogen-bond donors (Lipinski definition) is 2. The third-order valence-electron chi connectivity index (χ3n) is 5.84. The maximum atomic E-state index is 14.1. The Labute approximate surface area is 221 Å². The molecule has 0 aliphatic carbocycles. The molecule has 3 aromatic carbocycles. The van der Waals surface area contributed by atoms with Crippen molar-refractivity contribution in [3.8, 4) is 11.5 Å². The molecule has 1 aliphatic heterocycles. The third-order valence-corrected chi connectivity index (χ3v) is 6.87. The number of nitrogens with one attached hydrogen (secondary N) is 2. The fraction of sp³-hybridized carbons (Fsp3) is 0.233. The van der Waals surface area contributed by atoms with Crippen molar-refractivity contribution >= 4 is 29.4 Å². The number of aryl methyl sites for hydroxylation is 1. The quantitative estimate of drug-likeness (QED) is 0.219. The van der Waals surface area contributed by atoms with Crippen LogP contribution in [0.5, 0.6) is 11.5 Å². The van der Waals surface area contributed by atoms with E-state index < -0.39 is 0 Å². The zero-order valence-electron chi connectivity index (χ0n) is 21.1. The van der Waals surface area contributed by atoms with Gasteiger partial charge in [0.25, 0.3) is 5.91 Å². The number of halogens is 1. The predicted octanol–water partition coefficient (Wildman–Crippen LogP) is 6.69. The smallest absolute Gasteiger partial charge is 0.260 e. The second-order valence-corrected chi connectivity index (χ2v) is 9.63. The zero-order valence-corrected chi connectivity index (χ0v) is 21.9. The van der Waals surface area contributed by atoms with Gasteiger partial charge in [0, 0.05) is 16.8 Å². The van der Waals surface area contributed by atoms with E-state index in [1.54, 1.807) is 24.3 Å². The summed E-state index contributed by atoms with van der Waals surface area (Å²) in [6.45, 7) is 8.37. The summed E-state index contributed by atoms with van der Waals surface area (Å²) in [7, 11) is 0. The lowest BCUT2D eigenvalue weighted by molar-refractivity contribution is -0.116. The maximum absolute atomic E-state index is 14.1. The van der Waals surface area contributed by atoms with E-state index in [-0.39, 0.29) is 23.8 Å². The number of ether oxygens (including phenoxy) is 2. The van der Waals surface area contributed by atoms with Gasteiger partial charge in [-0.3, -0.25) is 4.79 Å². The van der Waals surface area contributed by atoms with Crippen molar-refractivity contribution < 1.29 is 18.7 Å². The Kier molecular flexibility index (Phi) is 8.90. The van der Waals surface area contributed by atoms with Crippen LogP contribution in [0.3, 0.4) is 0 Å². The van der Waals surface area contributed by atoms with Gasteiger partial charge in [-0.1, -0.05) is 55.1 Å². The van der Waals surface area contributed by atoms with Crippen LogP contribution in [0.25, 0.3) is 6.08 Å². The summed E-state index contributed by atoms with van der Waals surface area (Å²) >= 11 is 1.43. The van der Waals surface area contributed by atoms with Crippen LogP contribution in [0.1, 0.15) is 36.1 Å². The summed E-state index contributed by atoms with van der Waals surface area (Å²) in [4.78, 5) is 13.3. The van der Waals surface area contributed by atoms with E-state index in [1.807, 2.05) is 37.3 Å². The summed E-state index contributed by atoms with van der Waals surface area (Å²) in [5, 5.41) is 6.32. The van der Waals surface area contributed by atoms with Crippen molar-refractivity contribution in [2.45, 2.75) is 38.8 Å². The molecular formula is C30H31FN2O3S. The zero-order chi connectivity index (χ0) is 26.2. The molecule has 1 saturated heterocycles. The Balaban J connectivity index is 1.56. The first kappa shape index (κ1) is 26.4. The predicted molar refractivity (Wildman–Crippen MR) is 149 cm³/mol. The van der Waals surface area contributed by atoms with Crippen molar-refractivity contribution in [2.24, 2.45) is 0 Å². The molecule has 1 atom stereocenters. The number of allylic oxidation sites excluding steroid dienone is 1. The van der Waals surface area contributed by atoms with Gasteiger partial charge in [-0.15, -0.1) is 6.58 Å². The minimum atomic E-state index is -0.319. The van der Waals surface area contributed by atoms with Crippen molar-refractivity contribution in [3.05, 3.63) is 106 Å². The molecule has 0 radical (unpaired) electrons. The standard InChI is InChI=1S/C30H31FN2O3S/c1-4-9-22-16-21(17-26(35-6-3)28(22)36-19-23-10-7-8-11-25(23)31)18-27-29(34)33-30(37-27)32-24-14-12-20(5-2)13-15-24/h4,7-8,10-18,30,32H,1,5-6,9,19H2,2-3H3,(H,33,34)/b27-18-/t30-/m0/s1. The van der Waals surface area contributed by atoms with Gasteiger partial charge in [-0.05, 0) is 67.3 Å². The number of hydrogen-bond acceptors (Lipinski definition) is 5. The van der Waals surface area contributed by atoms with E-state index in [0.29, 0.717) is 35.0 Å². The van der Waals surface area contributed by atoms with Crippen molar-refractivity contribution in [2.75, 3.05) is 11.9 Å². The molecule has 1 aliphatic rings. The van der Waals surface area contributed by atoms with E-state index in [9.17, 15) is 9.18 Å². The second kappa shape index (κ2) is 12.5. The molecule has 2 N–H and O–H groups in total. The molecule has 0 aromatic heterocycles. The Morgan fingerprint density at radius 2 is 1.86 bits per heavy atom. The van der Waals surface area contributed by atoms with E-state index in [4.69, 9.17) is 9.47 Å². The molecule has 1 fully saturated rings. The molecule has 7 heteroatoms.